The highest BCUT2D eigenvalue weighted by atomic mass is 28.4. The first-order valence-electron chi connectivity index (χ1n) is 16.7. The van der Waals surface area contributed by atoms with Crippen molar-refractivity contribution < 1.29 is 33.3 Å². The third-order valence-electron chi connectivity index (χ3n) is 10.9. The van der Waals surface area contributed by atoms with Crippen LogP contribution >= 0.6 is 0 Å². The average Bonchev–Trinajstić information content (AvgIpc) is 3.49. The number of ether oxygens (including phenoxy) is 1. The summed E-state index contributed by atoms with van der Waals surface area (Å²) in [5, 5.41) is 22.2. The third kappa shape index (κ3) is 5.44. The van der Waals surface area contributed by atoms with Crippen LogP contribution in [-0.2, 0) is 44.2 Å². The van der Waals surface area contributed by atoms with Crippen LogP contribution in [0.15, 0.2) is 66.7 Å². The minimum atomic E-state index is -3.63. The Morgan fingerprint density at radius 1 is 1.10 bits per heavy atom. The van der Waals surface area contributed by atoms with Crippen LogP contribution in [0.2, 0.25) is 18.6 Å². The van der Waals surface area contributed by atoms with Crippen molar-refractivity contribution in [1.29, 1.82) is 0 Å². The van der Waals surface area contributed by atoms with Crippen molar-refractivity contribution in [3.05, 3.63) is 99.1 Å². The van der Waals surface area contributed by atoms with Gasteiger partial charge in [-0.1, -0.05) is 43.3 Å². The van der Waals surface area contributed by atoms with E-state index in [4.69, 9.17) is 4.74 Å². The van der Waals surface area contributed by atoms with Gasteiger partial charge in [0.05, 0.1) is 42.3 Å². The summed E-state index contributed by atoms with van der Waals surface area (Å²) in [6.45, 7) is 5.65. The Morgan fingerprint density at radius 2 is 1.82 bits per heavy atom. The van der Waals surface area contributed by atoms with Crippen molar-refractivity contribution in [3.8, 4) is 0 Å². The molecule has 4 heterocycles. The summed E-state index contributed by atoms with van der Waals surface area (Å²) in [6.07, 6.45) is -0.191. The number of nitro benzene ring substituents is 1. The number of benzene rings is 3. The second kappa shape index (κ2) is 12.1. The number of fused-ring (bicyclic) bond motifs is 3. The Bertz CT molecular complexity index is 1850. The van der Waals surface area contributed by atoms with Gasteiger partial charge in [-0.05, 0) is 54.4 Å². The minimum Gasteiger partial charge on any atom is -0.394 e. The van der Waals surface area contributed by atoms with E-state index >= 15 is 4.11 Å². The van der Waals surface area contributed by atoms with Crippen molar-refractivity contribution in [2.24, 2.45) is 5.92 Å². The summed E-state index contributed by atoms with van der Waals surface area (Å²) >= 11 is 0. The zero-order valence-corrected chi connectivity index (χ0v) is 28.7. The van der Waals surface area contributed by atoms with Gasteiger partial charge < -0.3 is 28.7 Å². The second-order valence-corrected chi connectivity index (χ2v) is 17.9. The topological polar surface area (TPSA) is 134 Å². The Morgan fingerprint density at radius 3 is 2.43 bits per heavy atom. The third-order valence-corrected chi connectivity index (χ3v) is 13.3. The largest absolute Gasteiger partial charge is 0.394 e. The molecule has 2 fully saturated rings. The standard InChI is InChI=1S/C36H39FN4O7Si/c1-22-34(49(2,3)37)31(18-33(44)39-20-25-7-5-4-6-24(25)16-28(39)21-42)48-36(22)29-17-27(41(46)47)12-13-30(29)40(35(36)45)19-23-8-10-26(11-9-23)38-15-14-32(38)43/h4-13,17,22,28,31,34,42H,14-16,18-21H2,1-3H3/t22-,28-,31+,34-,36+/m0/s1. The SMILES string of the molecule is C[C@H]1[C@H]([Si](C)(C)F)[C@@H](CC(=O)N2Cc3ccccc3C[C@H]2CO)O[C@]12C(=O)N(Cc1ccc(N3CCC3=O)cc1)c1ccc([N+](=O)[O-])cc12. The maximum absolute atomic E-state index is 16.4. The maximum Gasteiger partial charge on any atom is 0.269 e. The molecule has 2 saturated heterocycles. The van der Waals surface area contributed by atoms with Crippen LogP contribution in [0, 0.1) is 16.0 Å². The molecule has 1 spiro atoms. The number of nitro groups is 1. The molecule has 0 aromatic heterocycles. The number of carbonyl (C=O) groups is 3. The quantitative estimate of drug-likeness (QED) is 0.116. The maximum atomic E-state index is 16.4. The fourth-order valence-electron chi connectivity index (χ4n) is 8.39. The van der Waals surface area contributed by atoms with Gasteiger partial charge in [0.25, 0.3) is 11.6 Å². The van der Waals surface area contributed by atoms with E-state index in [0.717, 1.165) is 22.4 Å². The van der Waals surface area contributed by atoms with Crippen LogP contribution in [0.1, 0.15) is 42.0 Å². The molecule has 0 unspecified atom stereocenters. The molecule has 4 aliphatic rings. The average molecular weight is 687 g/mol. The van der Waals surface area contributed by atoms with Crippen molar-refractivity contribution in [2.75, 3.05) is 23.0 Å². The summed E-state index contributed by atoms with van der Waals surface area (Å²) in [7, 11) is -3.63. The zero-order chi connectivity index (χ0) is 34.8. The Kier molecular flexibility index (Phi) is 8.19. The van der Waals surface area contributed by atoms with Gasteiger partial charge in [-0.2, -0.15) is 0 Å². The lowest BCUT2D eigenvalue weighted by Crippen LogP contribution is -2.48. The number of aliphatic hydroxyl groups is 1. The predicted octanol–water partition coefficient (Wildman–Crippen LogP) is 4.99. The van der Waals surface area contributed by atoms with Gasteiger partial charge in [-0.15, -0.1) is 0 Å². The predicted molar refractivity (Wildman–Crippen MR) is 182 cm³/mol. The van der Waals surface area contributed by atoms with E-state index in [0.29, 0.717) is 37.2 Å². The number of aliphatic hydroxyl groups excluding tert-OH is 1. The van der Waals surface area contributed by atoms with Gasteiger partial charge in [0.15, 0.2) is 5.60 Å². The normalized spacial score (nSPS) is 26.2. The van der Waals surface area contributed by atoms with Crippen molar-refractivity contribution in [2.45, 2.75) is 75.7 Å². The zero-order valence-electron chi connectivity index (χ0n) is 27.7. The molecule has 5 atom stereocenters. The summed E-state index contributed by atoms with van der Waals surface area (Å²) in [5.74, 6) is -1.47. The number of rotatable bonds is 8. The van der Waals surface area contributed by atoms with Crippen molar-refractivity contribution >= 4 is 43.2 Å². The Labute approximate surface area is 284 Å². The minimum absolute atomic E-state index is 0.0474. The smallest absolute Gasteiger partial charge is 0.269 e. The van der Waals surface area contributed by atoms with Crippen LogP contribution < -0.4 is 9.80 Å². The van der Waals surface area contributed by atoms with E-state index in [9.17, 15) is 29.6 Å². The molecule has 0 saturated carbocycles. The van der Waals surface area contributed by atoms with Crippen LogP contribution in [0.5, 0.6) is 0 Å². The molecule has 7 rings (SSSR count). The molecule has 256 valence electrons. The van der Waals surface area contributed by atoms with E-state index in [-0.39, 0.29) is 37.1 Å². The van der Waals surface area contributed by atoms with E-state index in [1.807, 2.05) is 48.5 Å². The molecule has 11 nitrogen and oxygen atoms in total. The summed E-state index contributed by atoms with van der Waals surface area (Å²) < 4.78 is 23.1. The number of anilines is 2. The molecule has 0 radical (unpaired) electrons. The molecular formula is C36H39FN4O7Si. The molecule has 0 aliphatic carbocycles. The van der Waals surface area contributed by atoms with Crippen LogP contribution in [0.3, 0.4) is 0 Å². The highest BCUT2D eigenvalue weighted by Gasteiger charge is 2.67. The lowest BCUT2D eigenvalue weighted by atomic mass is 9.82. The molecular weight excluding hydrogens is 648 g/mol. The second-order valence-electron chi connectivity index (χ2n) is 14.1. The van der Waals surface area contributed by atoms with Gasteiger partial charge in [-0.25, -0.2) is 0 Å². The van der Waals surface area contributed by atoms with Crippen LogP contribution in [0.25, 0.3) is 0 Å². The first kappa shape index (κ1) is 33.1. The number of β-lactam (4-membered cyclic amide) rings is 1. The summed E-state index contributed by atoms with van der Waals surface area (Å²) in [5.41, 5.74) is 1.53. The Hall–Kier alpha value is -4.46. The first-order chi connectivity index (χ1) is 23.3. The lowest BCUT2D eigenvalue weighted by Gasteiger charge is -2.37. The van der Waals surface area contributed by atoms with Crippen LogP contribution in [0.4, 0.5) is 21.2 Å². The van der Waals surface area contributed by atoms with E-state index in [1.165, 1.54) is 36.2 Å². The molecule has 0 bridgehead atoms. The van der Waals surface area contributed by atoms with Gasteiger partial charge in [0.1, 0.15) is 0 Å². The first-order valence-corrected chi connectivity index (χ1v) is 19.6. The number of hydrogen-bond acceptors (Lipinski definition) is 7. The lowest BCUT2D eigenvalue weighted by molar-refractivity contribution is -0.385. The molecule has 13 heteroatoms. The summed E-state index contributed by atoms with van der Waals surface area (Å²) in [4.78, 5) is 56.9. The van der Waals surface area contributed by atoms with Gasteiger partial charge in [-0.3, -0.25) is 24.5 Å². The fraction of sp³-hybridized carbons (Fsp3) is 0.417. The highest BCUT2D eigenvalue weighted by Crippen LogP contribution is 2.60. The van der Waals surface area contributed by atoms with Crippen molar-refractivity contribution in [1.82, 2.24) is 4.90 Å². The highest BCUT2D eigenvalue weighted by molar-refractivity contribution is 6.72. The number of hydrogen-bond donors (Lipinski definition) is 1. The van der Waals surface area contributed by atoms with E-state index in [1.54, 1.807) is 16.7 Å². The fourth-order valence-corrected chi connectivity index (χ4v) is 10.9. The number of amides is 3. The summed E-state index contributed by atoms with van der Waals surface area (Å²) in [6, 6.07) is 18.8. The Balaban J connectivity index is 1.23. The molecule has 3 aromatic rings. The molecule has 49 heavy (non-hydrogen) atoms. The van der Waals surface area contributed by atoms with E-state index in [2.05, 4.69) is 0 Å². The van der Waals surface area contributed by atoms with E-state index < -0.39 is 48.4 Å². The monoisotopic (exact) mass is 686 g/mol. The number of halogens is 1. The van der Waals surface area contributed by atoms with Crippen molar-refractivity contribution in [3.63, 3.8) is 0 Å². The molecule has 4 aliphatic heterocycles. The number of nitrogens with zero attached hydrogens (tertiary/aromatic N) is 4. The number of non-ortho nitro benzene ring substituents is 1. The van der Waals surface area contributed by atoms with Gasteiger partial charge in [0.2, 0.25) is 20.2 Å². The molecule has 3 amide bonds. The van der Waals surface area contributed by atoms with Gasteiger partial charge in [0, 0.05) is 54.4 Å². The number of carbonyl (C=O) groups excluding carboxylic acids is 3. The molecule has 1 N–H and O–H groups in total. The van der Waals surface area contributed by atoms with Crippen LogP contribution in [-0.4, -0.2) is 66.4 Å². The van der Waals surface area contributed by atoms with Gasteiger partial charge >= 0.3 is 0 Å². The molecule has 3 aromatic carbocycles.